The van der Waals surface area contributed by atoms with Crippen LogP contribution < -0.4 is 4.90 Å². The molecule has 22 heavy (non-hydrogen) atoms. The standard InChI is InChI=1S/C15H21FN6/c1-2-3-22-15(18-12-19-22)11-20-4-6-21(7-5-20)14-8-13(16)9-17-10-14/h8-10,12H,2-7,11H2,1H3. The summed E-state index contributed by atoms with van der Waals surface area (Å²) in [6.45, 7) is 7.45. The highest BCUT2D eigenvalue weighted by molar-refractivity contribution is 5.44. The van der Waals surface area contributed by atoms with Crippen molar-refractivity contribution < 1.29 is 4.39 Å². The van der Waals surface area contributed by atoms with Crippen LogP contribution in [0.25, 0.3) is 0 Å². The molecular weight excluding hydrogens is 283 g/mol. The smallest absolute Gasteiger partial charge is 0.143 e. The average molecular weight is 304 g/mol. The Bertz CT molecular complexity index is 606. The lowest BCUT2D eigenvalue weighted by Gasteiger charge is -2.35. The van der Waals surface area contributed by atoms with Crippen LogP contribution in [0, 0.1) is 5.82 Å². The van der Waals surface area contributed by atoms with E-state index in [1.54, 1.807) is 18.6 Å². The molecule has 0 aromatic carbocycles. The summed E-state index contributed by atoms with van der Waals surface area (Å²) in [6.07, 6.45) is 5.63. The Labute approximate surface area is 129 Å². The first-order valence-corrected chi connectivity index (χ1v) is 7.71. The quantitative estimate of drug-likeness (QED) is 0.839. The SMILES string of the molecule is CCCn1ncnc1CN1CCN(c2cncc(F)c2)CC1. The van der Waals surface area contributed by atoms with Crippen molar-refractivity contribution in [2.75, 3.05) is 31.1 Å². The van der Waals surface area contributed by atoms with Crippen molar-refractivity contribution in [3.63, 3.8) is 0 Å². The molecule has 2 aromatic rings. The maximum Gasteiger partial charge on any atom is 0.143 e. The van der Waals surface area contributed by atoms with Gasteiger partial charge in [-0.1, -0.05) is 6.92 Å². The third-order valence-corrected chi connectivity index (χ3v) is 3.92. The van der Waals surface area contributed by atoms with E-state index >= 15 is 0 Å². The van der Waals surface area contributed by atoms with Crippen LogP contribution in [0.5, 0.6) is 0 Å². The van der Waals surface area contributed by atoms with Crippen LogP contribution in [-0.4, -0.2) is 50.8 Å². The number of hydrogen-bond donors (Lipinski definition) is 0. The van der Waals surface area contributed by atoms with Crippen LogP contribution in [0.15, 0.2) is 24.8 Å². The number of hydrogen-bond acceptors (Lipinski definition) is 5. The van der Waals surface area contributed by atoms with Crippen LogP contribution in [0.4, 0.5) is 10.1 Å². The van der Waals surface area contributed by atoms with E-state index < -0.39 is 0 Å². The Kier molecular flexibility index (Phi) is 4.62. The first-order valence-electron chi connectivity index (χ1n) is 7.71. The maximum absolute atomic E-state index is 13.3. The molecule has 3 rings (SSSR count). The van der Waals surface area contributed by atoms with E-state index in [0.717, 1.165) is 57.2 Å². The summed E-state index contributed by atoms with van der Waals surface area (Å²) in [5, 5.41) is 4.26. The Morgan fingerprint density at radius 1 is 1.18 bits per heavy atom. The lowest BCUT2D eigenvalue weighted by Crippen LogP contribution is -2.46. The number of nitrogens with zero attached hydrogens (tertiary/aromatic N) is 6. The van der Waals surface area contributed by atoms with Crippen molar-refractivity contribution in [3.05, 3.63) is 36.4 Å². The van der Waals surface area contributed by atoms with E-state index in [1.165, 1.54) is 6.20 Å². The van der Waals surface area contributed by atoms with E-state index in [-0.39, 0.29) is 5.82 Å². The van der Waals surface area contributed by atoms with Crippen LogP contribution in [0.1, 0.15) is 19.2 Å². The minimum atomic E-state index is -0.285. The molecule has 3 heterocycles. The molecule has 118 valence electrons. The zero-order chi connectivity index (χ0) is 15.4. The third-order valence-electron chi connectivity index (χ3n) is 3.92. The lowest BCUT2D eigenvalue weighted by atomic mass is 10.2. The van der Waals surface area contributed by atoms with Crippen molar-refractivity contribution >= 4 is 5.69 Å². The fraction of sp³-hybridized carbons (Fsp3) is 0.533. The van der Waals surface area contributed by atoms with Gasteiger partial charge in [0.1, 0.15) is 18.0 Å². The summed E-state index contributed by atoms with van der Waals surface area (Å²) in [4.78, 5) is 12.8. The second-order valence-electron chi connectivity index (χ2n) is 5.52. The van der Waals surface area contributed by atoms with Crippen LogP contribution in [0.3, 0.4) is 0 Å². The molecule has 2 aromatic heterocycles. The molecule has 1 aliphatic rings. The van der Waals surface area contributed by atoms with Crippen molar-refractivity contribution in [2.24, 2.45) is 0 Å². The highest BCUT2D eigenvalue weighted by atomic mass is 19.1. The van der Waals surface area contributed by atoms with Gasteiger partial charge in [-0.25, -0.2) is 14.1 Å². The lowest BCUT2D eigenvalue weighted by molar-refractivity contribution is 0.239. The number of anilines is 1. The fourth-order valence-electron chi connectivity index (χ4n) is 2.75. The van der Waals surface area contributed by atoms with Crippen molar-refractivity contribution in [2.45, 2.75) is 26.4 Å². The van der Waals surface area contributed by atoms with Gasteiger partial charge in [-0.05, 0) is 6.42 Å². The number of aryl methyl sites for hydroxylation is 1. The molecular formula is C15H21FN6. The molecule has 0 N–H and O–H groups in total. The zero-order valence-electron chi connectivity index (χ0n) is 12.8. The second kappa shape index (κ2) is 6.83. The Morgan fingerprint density at radius 2 is 2.00 bits per heavy atom. The topological polar surface area (TPSA) is 50.1 Å². The predicted octanol–water partition coefficient (Wildman–Crippen LogP) is 1.54. The average Bonchev–Trinajstić information content (AvgIpc) is 2.96. The number of rotatable bonds is 5. The molecule has 6 nitrogen and oxygen atoms in total. The van der Waals surface area contributed by atoms with Gasteiger partial charge >= 0.3 is 0 Å². The largest absolute Gasteiger partial charge is 0.368 e. The molecule has 1 fully saturated rings. The van der Waals surface area contributed by atoms with Gasteiger partial charge in [0.05, 0.1) is 24.6 Å². The summed E-state index contributed by atoms with van der Waals surface area (Å²) in [7, 11) is 0. The zero-order valence-corrected chi connectivity index (χ0v) is 12.8. The molecule has 0 saturated carbocycles. The van der Waals surface area contributed by atoms with E-state index in [9.17, 15) is 4.39 Å². The Morgan fingerprint density at radius 3 is 2.73 bits per heavy atom. The number of piperazine rings is 1. The van der Waals surface area contributed by atoms with Gasteiger partial charge in [0, 0.05) is 38.8 Å². The molecule has 1 saturated heterocycles. The number of halogens is 1. The summed E-state index contributed by atoms with van der Waals surface area (Å²) in [5.74, 6) is 0.732. The van der Waals surface area contributed by atoms with Gasteiger partial charge < -0.3 is 4.90 Å². The second-order valence-corrected chi connectivity index (χ2v) is 5.52. The molecule has 0 aliphatic carbocycles. The van der Waals surface area contributed by atoms with E-state index in [1.807, 2.05) is 4.68 Å². The predicted molar refractivity (Wildman–Crippen MR) is 82.0 cm³/mol. The molecule has 0 unspecified atom stereocenters. The fourth-order valence-corrected chi connectivity index (χ4v) is 2.75. The molecule has 1 aliphatic heterocycles. The summed E-state index contributed by atoms with van der Waals surface area (Å²) >= 11 is 0. The minimum absolute atomic E-state index is 0.285. The van der Waals surface area contributed by atoms with Gasteiger partial charge in [0.2, 0.25) is 0 Å². The van der Waals surface area contributed by atoms with E-state index in [2.05, 4.69) is 31.8 Å². The van der Waals surface area contributed by atoms with Gasteiger partial charge in [0.15, 0.2) is 0 Å². The monoisotopic (exact) mass is 304 g/mol. The minimum Gasteiger partial charge on any atom is -0.368 e. The summed E-state index contributed by atoms with van der Waals surface area (Å²) in [6, 6.07) is 1.54. The van der Waals surface area contributed by atoms with Crippen molar-refractivity contribution in [3.8, 4) is 0 Å². The summed E-state index contributed by atoms with van der Waals surface area (Å²) < 4.78 is 15.2. The summed E-state index contributed by atoms with van der Waals surface area (Å²) in [5.41, 5.74) is 0.855. The normalized spacial score (nSPS) is 16.2. The van der Waals surface area contributed by atoms with E-state index in [4.69, 9.17) is 0 Å². The Hall–Kier alpha value is -2.02. The maximum atomic E-state index is 13.3. The highest BCUT2D eigenvalue weighted by Gasteiger charge is 2.19. The number of pyridine rings is 1. The van der Waals surface area contributed by atoms with Crippen LogP contribution in [-0.2, 0) is 13.1 Å². The molecule has 0 amide bonds. The van der Waals surface area contributed by atoms with Gasteiger partial charge in [-0.3, -0.25) is 9.88 Å². The molecule has 0 spiro atoms. The van der Waals surface area contributed by atoms with Crippen molar-refractivity contribution in [1.82, 2.24) is 24.6 Å². The molecule has 7 heteroatoms. The highest BCUT2D eigenvalue weighted by Crippen LogP contribution is 2.16. The molecule has 0 atom stereocenters. The molecule has 0 radical (unpaired) electrons. The van der Waals surface area contributed by atoms with Gasteiger partial charge in [-0.15, -0.1) is 0 Å². The Balaban J connectivity index is 1.56. The first kappa shape index (κ1) is 14.9. The van der Waals surface area contributed by atoms with Gasteiger partial charge in [-0.2, -0.15) is 5.10 Å². The van der Waals surface area contributed by atoms with Crippen LogP contribution in [0.2, 0.25) is 0 Å². The first-order chi connectivity index (χ1) is 10.8. The number of aromatic nitrogens is 4. The van der Waals surface area contributed by atoms with E-state index in [0.29, 0.717) is 0 Å². The van der Waals surface area contributed by atoms with Gasteiger partial charge in [0.25, 0.3) is 0 Å². The third kappa shape index (κ3) is 3.41. The van der Waals surface area contributed by atoms with Crippen LogP contribution >= 0.6 is 0 Å². The molecule has 0 bridgehead atoms. The van der Waals surface area contributed by atoms with Crippen molar-refractivity contribution in [1.29, 1.82) is 0 Å².